The standard InChI is InChI=1S/C16H14N2O3/c17-9-3-6-14(16(20)21)18-15(19)13-8-7-11-4-1-2-5-12(11)10-13/h1-2,4-5,7-8,10,14H,3,6H2,(H,18,19)(H,20,21)/t14-/m0/s1. The second-order valence-electron chi connectivity index (χ2n) is 4.62. The number of carboxylic acids is 1. The molecule has 0 aromatic heterocycles. The normalized spacial score (nSPS) is 11.6. The molecule has 2 rings (SSSR count). The fourth-order valence-electron chi connectivity index (χ4n) is 2.04. The van der Waals surface area contributed by atoms with E-state index >= 15 is 0 Å². The molecule has 1 atom stereocenters. The van der Waals surface area contributed by atoms with E-state index in [1.807, 2.05) is 36.4 Å². The average molecular weight is 282 g/mol. The first-order valence-corrected chi connectivity index (χ1v) is 6.51. The number of nitrogens with zero attached hydrogens (tertiary/aromatic N) is 1. The highest BCUT2D eigenvalue weighted by molar-refractivity contribution is 6.00. The highest BCUT2D eigenvalue weighted by Crippen LogP contribution is 2.15. The molecule has 0 unspecified atom stereocenters. The van der Waals surface area contributed by atoms with Gasteiger partial charge in [-0.1, -0.05) is 30.3 Å². The Kier molecular flexibility index (Phi) is 4.52. The fourth-order valence-corrected chi connectivity index (χ4v) is 2.04. The van der Waals surface area contributed by atoms with E-state index in [4.69, 9.17) is 10.4 Å². The average Bonchev–Trinajstić information content (AvgIpc) is 2.50. The lowest BCUT2D eigenvalue weighted by atomic mass is 10.1. The van der Waals surface area contributed by atoms with E-state index < -0.39 is 17.9 Å². The van der Waals surface area contributed by atoms with Crippen molar-refractivity contribution in [3.63, 3.8) is 0 Å². The van der Waals surface area contributed by atoms with E-state index in [-0.39, 0.29) is 12.8 Å². The lowest BCUT2D eigenvalue weighted by Gasteiger charge is -2.13. The molecule has 0 heterocycles. The van der Waals surface area contributed by atoms with Crippen LogP contribution >= 0.6 is 0 Å². The lowest BCUT2D eigenvalue weighted by Crippen LogP contribution is -2.40. The van der Waals surface area contributed by atoms with E-state index in [9.17, 15) is 9.59 Å². The fraction of sp³-hybridized carbons (Fsp3) is 0.188. The summed E-state index contributed by atoms with van der Waals surface area (Å²) < 4.78 is 0. The molecule has 0 fully saturated rings. The van der Waals surface area contributed by atoms with Crippen molar-refractivity contribution in [3.8, 4) is 6.07 Å². The zero-order chi connectivity index (χ0) is 15.2. The number of fused-ring (bicyclic) bond motifs is 1. The predicted molar refractivity (Wildman–Crippen MR) is 77.7 cm³/mol. The van der Waals surface area contributed by atoms with Crippen LogP contribution in [0, 0.1) is 11.3 Å². The molecule has 0 aliphatic heterocycles. The van der Waals surface area contributed by atoms with Crippen molar-refractivity contribution in [1.29, 1.82) is 5.26 Å². The van der Waals surface area contributed by atoms with E-state index in [1.54, 1.807) is 12.1 Å². The quantitative estimate of drug-likeness (QED) is 0.880. The van der Waals surface area contributed by atoms with Crippen LogP contribution in [0.25, 0.3) is 10.8 Å². The molecule has 0 saturated carbocycles. The molecule has 2 N–H and O–H groups in total. The Morgan fingerprint density at radius 3 is 2.57 bits per heavy atom. The molecule has 5 heteroatoms. The van der Waals surface area contributed by atoms with Crippen LogP contribution in [-0.2, 0) is 4.79 Å². The van der Waals surface area contributed by atoms with Crippen molar-refractivity contribution in [2.45, 2.75) is 18.9 Å². The molecule has 21 heavy (non-hydrogen) atoms. The van der Waals surface area contributed by atoms with E-state index in [2.05, 4.69) is 5.32 Å². The number of benzene rings is 2. The number of nitriles is 1. The highest BCUT2D eigenvalue weighted by atomic mass is 16.4. The van der Waals surface area contributed by atoms with Gasteiger partial charge in [-0.2, -0.15) is 5.26 Å². The summed E-state index contributed by atoms with van der Waals surface area (Å²) in [6.07, 6.45) is 0.167. The number of carbonyl (C=O) groups is 2. The van der Waals surface area contributed by atoms with Crippen molar-refractivity contribution in [1.82, 2.24) is 5.32 Å². The molecule has 0 radical (unpaired) electrons. The maximum absolute atomic E-state index is 12.1. The second-order valence-corrected chi connectivity index (χ2v) is 4.62. The third-order valence-corrected chi connectivity index (χ3v) is 3.16. The SMILES string of the molecule is N#CCC[C@H](NC(=O)c1ccc2ccccc2c1)C(=O)O. The van der Waals surface area contributed by atoms with Crippen molar-refractivity contribution >= 4 is 22.6 Å². The first-order chi connectivity index (χ1) is 10.1. The van der Waals surface area contributed by atoms with Crippen molar-refractivity contribution in [2.75, 3.05) is 0 Å². The number of rotatable bonds is 5. The van der Waals surface area contributed by atoms with Crippen LogP contribution < -0.4 is 5.32 Å². The maximum Gasteiger partial charge on any atom is 0.326 e. The largest absolute Gasteiger partial charge is 0.480 e. The van der Waals surface area contributed by atoms with Gasteiger partial charge < -0.3 is 10.4 Å². The van der Waals surface area contributed by atoms with Gasteiger partial charge in [-0.3, -0.25) is 4.79 Å². The van der Waals surface area contributed by atoms with E-state index in [0.717, 1.165) is 10.8 Å². The summed E-state index contributed by atoms with van der Waals surface area (Å²) in [4.78, 5) is 23.2. The molecule has 2 aromatic rings. The number of carbonyl (C=O) groups excluding carboxylic acids is 1. The van der Waals surface area contributed by atoms with Crippen LogP contribution in [0.2, 0.25) is 0 Å². The first-order valence-electron chi connectivity index (χ1n) is 6.51. The molecular formula is C16H14N2O3. The van der Waals surface area contributed by atoms with Gasteiger partial charge in [-0.25, -0.2) is 4.79 Å². The molecule has 0 aliphatic rings. The molecule has 1 amide bonds. The van der Waals surface area contributed by atoms with Crippen LogP contribution in [0.15, 0.2) is 42.5 Å². The molecule has 2 aromatic carbocycles. The number of hydrogen-bond acceptors (Lipinski definition) is 3. The highest BCUT2D eigenvalue weighted by Gasteiger charge is 2.20. The Morgan fingerprint density at radius 1 is 1.19 bits per heavy atom. The topological polar surface area (TPSA) is 90.2 Å². The molecular weight excluding hydrogens is 268 g/mol. The van der Waals surface area contributed by atoms with Gasteiger partial charge in [0, 0.05) is 12.0 Å². The molecule has 0 aliphatic carbocycles. The Balaban J connectivity index is 2.17. The summed E-state index contributed by atoms with van der Waals surface area (Å²) in [7, 11) is 0. The smallest absolute Gasteiger partial charge is 0.326 e. The molecule has 0 spiro atoms. The zero-order valence-corrected chi connectivity index (χ0v) is 11.2. The Bertz CT molecular complexity index is 719. The summed E-state index contributed by atoms with van der Waals surface area (Å²) >= 11 is 0. The van der Waals surface area contributed by atoms with Gasteiger partial charge in [-0.05, 0) is 29.3 Å². The Morgan fingerprint density at radius 2 is 1.90 bits per heavy atom. The summed E-state index contributed by atoms with van der Waals surface area (Å²) in [6.45, 7) is 0. The summed E-state index contributed by atoms with van der Waals surface area (Å²) in [6, 6.07) is 13.6. The molecule has 0 saturated heterocycles. The minimum atomic E-state index is -1.14. The van der Waals surface area contributed by atoms with Gasteiger partial charge in [0.25, 0.3) is 5.91 Å². The Labute approximate surface area is 121 Å². The second kappa shape index (κ2) is 6.53. The minimum Gasteiger partial charge on any atom is -0.480 e. The summed E-state index contributed by atoms with van der Waals surface area (Å²) in [5, 5.41) is 21.9. The van der Waals surface area contributed by atoms with Gasteiger partial charge in [0.2, 0.25) is 0 Å². The summed E-state index contributed by atoms with van der Waals surface area (Å²) in [5.74, 6) is -1.59. The first kappa shape index (κ1) is 14.5. The van der Waals surface area contributed by atoms with Crippen LogP contribution in [0.1, 0.15) is 23.2 Å². The van der Waals surface area contributed by atoms with Gasteiger partial charge in [0.1, 0.15) is 6.04 Å². The van der Waals surface area contributed by atoms with E-state index in [1.165, 1.54) is 0 Å². The third kappa shape index (κ3) is 3.57. The van der Waals surface area contributed by atoms with Gasteiger partial charge in [0.15, 0.2) is 0 Å². The zero-order valence-electron chi connectivity index (χ0n) is 11.2. The van der Waals surface area contributed by atoms with Crippen LogP contribution in [-0.4, -0.2) is 23.0 Å². The molecule has 5 nitrogen and oxygen atoms in total. The summed E-state index contributed by atoms with van der Waals surface area (Å²) in [5.41, 5.74) is 0.400. The minimum absolute atomic E-state index is 0.0783. The van der Waals surface area contributed by atoms with E-state index in [0.29, 0.717) is 5.56 Å². The monoisotopic (exact) mass is 282 g/mol. The van der Waals surface area contributed by atoms with Gasteiger partial charge in [-0.15, -0.1) is 0 Å². The lowest BCUT2D eigenvalue weighted by molar-refractivity contribution is -0.139. The molecule has 106 valence electrons. The Hall–Kier alpha value is -2.87. The van der Waals surface area contributed by atoms with Crippen LogP contribution in [0.3, 0.4) is 0 Å². The number of amides is 1. The van der Waals surface area contributed by atoms with Crippen molar-refractivity contribution in [2.24, 2.45) is 0 Å². The number of carboxylic acid groups (broad SMARTS) is 1. The van der Waals surface area contributed by atoms with Gasteiger partial charge in [0.05, 0.1) is 6.07 Å². The van der Waals surface area contributed by atoms with Crippen molar-refractivity contribution in [3.05, 3.63) is 48.0 Å². The number of nitrogens with one attached hydrogen (secondary N) is 1. The van der Waals surface area contributed by atoms with Crippen LogP contribution in [0.4, 0.5) is 0 Å². The molecule has 0 bridgehead atoms. The number of hydrogen-bond donors (Lipinski definition) is 2. The number of aliphatic carboxylic acids is 1. The van der Waals surface area contributed by atoms with Gasteiger partial charge >= 0.3 is 5.97 Å². The third-order valence-electron chi connectivity index (χ3n) is 3.16. The maximum atomic E-state index is 12.1. The van der Waals surface area contributed by atoms with Crippen molar-refractivity contribution < 1.29 is 14.7 Å². The van der Waals surface area contributed by atoms with Crippen LogP contribution in [0.5, 0.6) is 0 Å². The predicted octanol–water partition coefficient (Wildman–Crippen LogP) is 2.33.